The maximum atomic E-state index is 9.26. The van der Waals surface area contributed by atoms with Crippen molar-refractivity contribution in [3.05, 3.63) is 11.8 Å². The lowest BCUT2D eigenvalue weighted by Crippen LogP contribution is -2.37. The van der Waals surface area contributed by atoms with Crippen molar-refractivity contribution in [3.8, 4) is 0 Å². The molecule has 1 unspecified atom stereocenters. The van der Waals surface area contributed by atoms with Crippen molar-refractivity contribution in [1.82, 2.24) is 14.9 Å². The SMILES string of the molecule is Cc1cnc(NCCCN2CCCC(CO)C2)nc1N(C)C. The molecule has 0 amide bonds. The topological polar surface area (TPSA) is 64.5 Å². The Morgan fingerprint density at radius 3 is 3.00 bits per heavy atom. The van der Waals surface area contributed by atoms with Crippen molar-refractivity contribution in [2.75, 3.05) is 57.1 Å². The van der Waals surface area contributed by atoms with E-state index in [2.05, 4.69) is 20.2 Å². The number of hydrogen-bond acceptors (Lipinski definition) is 6. The number of rotatable bonds is 7. The zero-order valence-corrected chi connectivity index (χ0v) is 14.0. The maximum absolute atomic E-state index is 9.26. The van der Waals surface area contributed by atoms with Crippen LogP contribution in [0.15, 0.2) is 6.20 Å². The van der Waals surface area contributed by atoms with Crippen molar-refractivity contribution < 1.29 is 5.11 Å². The molecule has 0 spiro atoms. The first-order valence-electron chi connectivity index (χ1n) is 8.18. The fourth-order valence-electron chi connectivity index (χ4n) is 2.98. The first-order chi connectivity index (χ1) is 10.6. The van der Waals surface area contributed by atoms with Gasteiger partial charge in [-0.3, -0.25) is 0 Å². The Kier molecular flexibility index (Phi) is 6.39. The highest BCUT2D eigenvalue weighted by Crippen LogP contribution is 2.16. The fourth-order valence-corrected chi connectivity index (χ4v) is 2.98. The highest BCUT2D eigenvalue weighted by atomic mass is 16.3. The lowest BCUT2D eigenvalue weighted by atomic mass is 9.99. The lowest BCUT2D eigenvalue weighted by Gasteiger charge is -2.31. The van der Waals surface area contributed by atoms with E-state index in [1.165, 1.54) is 6.42 Å². The van der Waals surface area contributed by atoms with Crippen molar-refractivity contribution in [1.29, 1.82) is 0 Å². The van der Waals surface area contributed by atoms with Crippen LogP contribution in [0.2, 0.25) is 0 Å². The Morgan fingerprint density at radius 1 is 1.45 bits per heavy atom. The van der Waals surface area contributed by atoms with E-state index in [9.17, 15) is 5.11 Å². The standard InChI is InChI=1S/C16H29N5O/c1-13-10-18-16(19-15(13)20(2)3)17-7-5-9-21-8-4-6-14(11-21)12-22/h10,14,22H,4-9,11-12H2,1-3H3,(H,17,18,19). The molecular weight excluding hydrogens is 278 g/mol. The van der Waals surface area contributed by atoms with Gasteiger partial charge in [0.2, 0.25) is 5.95 Å². The second kappa shape index (κ2) is 8.29. The largest absolute Gasteiger partial charge is 0.396 e. The Morgan fingerprint density at radius 2 is 2.27 bits per heavy atom. The third kappa shape index (κ3) is 4.81. The van der Waals surface area contributed by atoms with Crippen molar-refractivity contribution in [3.63, 3.8) is 0 Å². The molecule has 1 aromatic rings. The van der Waals surface area contributed by atoms with E-state index in [0.717, 1.165) is 50.4 Å². The highest BCUT2D eigenvalue weighted by molar-refractivity contribution is 5.47. The average Bonchev–Trinajstić information content (AvgIpc) is 2.53. The fraction of sp³-hybridized carbons (Fsp3) is 0.750. The molecule has 2 heterocycles. The summed E-state index contributed by atoms with van der Waals surface area (Å²) in [6.07, 6.45) is 5.29. The number of nitrogens with one attached hydrogen (secondary N) is 1. The Labute approximate surface area is 133 Å². The van der Waals surface area contributed by atoms with Crippen LogP contribution in [0.4, 0.5) is 11.8 Å². The number of aryl methyl sites for hydroxylation is 1. The predicted molar refractivity (Wildman–Crippen MR) is 90.5 cm³/mol. The number of aliphatic hydroxyl groups excluding tert-OH is 1. The summed E-state index contributed by atoms with van der Waals surface area (Å²) in [6.45, 7) is 6.46. The van der Waals surface area contributed by atoms with E-state index in [0.29, 0.717) is 18.5 Å². The summed E-state index contributed by atoms with van der Waals surface area (Å²) in [7, 11) is 3.99. The molecule has 22 heavy (non-hydrogen) atoms. The van der Waals surface area contributed by atoms with E-state index in [4.69, 9.17) is 0 Å². The Hall–Kier alpha value is -1.40. The van der Waals surface area contributed by atoms with Gasteiger partial charge < -0.3 is 20.2 Å². The molecule has 1 aromatic heterocycles. The van der Waals surface area contributed by atoms with Crippen LogP contribution in [0.1, 0.15) is 24.8 Å². The second-order valence-corrected chi connectivity index (χ2v) is 6.37. The van der Waals surface area contributed by atoms with Crippen LogP contribution >= 0.6 is 0 Å². The number of anilines is 2. The molecule has 0 bridgehead atoms. The molecule has 6 nitrogen and oxygen atoms in total. The molecule has 1 aliphatic heterocycles. The number of aliphatic hydroxyl groups is 1. The van der Waals surface area contributed by atoms with E-state index < -0.39 is 0 Å². The summed E-state index contributed by atoms with van der Waals surface area (Å²) in [5.74, 6) is 2.12. The highest BCUT2D eigenvalue weighted by Gasteiger charge is 2.18. The first-order valence-corrected chi connectivity index (χ1v) is 8.18. The van der Waals surface area contributed by atoms with E-state index >= 15 is 0 Å². The minimum absolute atomic E-state index is 0.319. The van der Waals surface area contributed by atoms with E-state index in [1.54, 1.807) is 0 Å². The molecule has 0 aromatic carbocycles. The molecule has 0 saturated carbocycles. The summed E-state index contributed by atoms with van der Waals surface area (Å²) in [4.78, 5) is 13.3. The molecule has 2 rings (SSSR count). The normalized spacial score (nSPS) is 19.2. The van der Waals surface area contributed by atoms with Gasteiger partial charge in [-0.2, -0.15) is 4.98 Å². The third-order valence-electron chi connectivity index (χ3n) is 4.16. The number of aromatic nitrogens is 2. The summed E-state index contributed by atoms with van der Waals surface area (Å²) in [6, 6.07) is 0. The molecule has 6 heteroatoms. The minimum Gasteiger partial charge on any atom is -0.396 e. The monoisotopic (exact) mass is 307 g/mol. The van der Waals surface area contributed by atoms with Gasteiger partial charge in [-0.05, 0) is 45.2 Å². The molecule has 1 fully saturated rings. The molecule has 1 saturated heterocycles. The maximum Gasteiger partial charge on any atom is 0.224 e. The third-order valence-corrected chi connectivity index (χ3v) is 4.16. The van der Waals surface area contributed by atoms with Gasteiger partial charge in [0, 0.05) is 45.6 Å². The Bertz CT molecular complexity index is 466. The van der Waals surface area contributed by atoms with Crippen LogP contribution < -0.4 is 10.2 Å². The molecule has 0 radical (unpaired) electrons. The summed E-state index contributed by atoms with van der Waals surface area (Å²) in [5, 5.41) is 12.6. The predicted octanol–water partition coefficient (Wildman–Crippen LogP) is 1.36. The quantitative estimate of drug-likeness (QED) is 0.742. The van der Waals surface area contributed by atoms with E-state index in [1.807, 2.05) is 32.1 Å². The van der Waals surface area contributed by atoms with Crippen LogP contribution in [-0.2, 0) is 0 Å². The Balaban J connectivity index is 1.73. The van der Waals surface area contributed by atoms with Gasteiger partial charge in [0.25, 0.3) is 0 Å². The number of hydrogen-bond donors (Lipinski definition) is 2. The number of nitrogens with zero attached hydrogens (tertiary/aromatic N) is 4. The molecular formula is C16H29N5O. The second-order valence-electron chi connectivity index (χ2n) is 6.37. The van der Waals surface area contributed by atoms with Crippen LogP contribution in [0.25, 0.3) is 0 Å². The van der Waals surface area contributed by atoms with Crippen molar-refractivity contribution >= 4 is 11.8 Å². The molecule has 124 valence electrons. The molecule has 0 aliphatic carbocycles. The molecule has 1 atom stereocenters. The van der Waals surface area contributed by atoms with E-state index in [-0.39, 0.29) is 0 Å². The number of piperidine rings is 1. The minimum atomic E-state index is 0.319. The van der Waals surface area contributed by atoms with Gasteiger partial charge in [-0.15, -0.1) is 0 Å². The van der Waals surface area contributed by atoms with Crippen LogP contribution in [0, 0.1) is 12.8 Å². The summed E-state index contributed by atoms with van der Waals surface area (Å²) >= 11 is 0. The molecule has 1 aliphatic rings. The van der Waals surface area contributed by atoms with Crippen LogP contribution in [0.3, 0.4) is 0 Å². The van der Waals surface area contributed by atoms with Crippen molar-refractivity contribution in [2.24, 2.45) is 5.92 Å². The van der Waals surface area contributed by atoms with Crippen LogP contribution in [-0.4, -0.2) is 66.9 Å². The first kappa shape index (κ1) is 17.0. The summed E-state index contributed by atoms with van der Waals surface area (Å²) < 4.78 is 0. The van der Waals surface area contributed by atoms with Crippen molar-refractivity contribution in [2.45, 2.75) is 26.2 Å². The van der Waals surface area contributed by atoms with Gasteiger partial charge in [-0.25, -0.2) is 4.98 Å². The average molecular weight is 307 g/mol. The zero-order chi connectivity index (χ0) is 15.9. The summed E-state index contributed by atoms with van der Waals surface area (Å²) in [5.41, 5.74) is 1.08. The van der Waals surface area contributed by atoms with Gasteiger partial charge in [0.05, 0.1) is 0 Å². The zero-order valence-electron chi connectivity index (χ0n) is 14.0. The number of likely N-dealkylation sites (tertiary alicyclic amines) is 1. The van der Waals surface area contributed by atoms with Gasteiger partial charge in [0.1, 0.15) is 5.82 Å². The van der Waals surface area contributed by atoms with Gasteiger partial charge in [0.15, 0.2) is 0 Å². The van der Waals surface area contributed by atoms with Gasteiger partial charge in [-0.1, -0.05) is 0 Å². The van der Waals surface area contributed by atoms with Crippen LogP contribution in [0.5, 0.6) is 0 Å². The smallest absolute Gasteiger partial charge is 0.224 e. The lowest BCUT2D eigenvalue weighted by molar-refractivity contribution is 0.120. The molecule has 2 N–H and O–H groups in total. The van der Waals surface area contributed by atoms with Gasteiger partial charge >= 0.3 is 0 Å².